The van der Waals surface area contributed by atoms with Gasteiger partial charge in [-0.25, -0.2) is 0 Å². The first-order chi connectivity index (χ1) is 7.62. The van der Waals surface area contributed by atoms with Crippen molar-refractivity contribution in [2.75, 3.05) is 20.1 Å². The van der Waals surface area contributed by atoms with Crippen molar-refractivity contribution in [3.63, 3.8) is 0 Å². The van der Waals surface area contributed by atoms with E-state index in [0.29, 0.717) is 5.54 Å². The van der Waals surface area contributed by atoms with E-state index >= 15 is 0 Å². The van der Waals surface area contributed by atoms with E-state index in [-0.39, 0.29) is 0 Å². The van der Waals surface area contributed by atoms with E-state index in [1.807, 2.05) is 0 Å². The molecule has 0 saturated carbocycles. The highest BCUT2D eigenvalue weighted by Gasteiger charge is 2.56. The van der Waals surface area contributed by atoms with Gasteiger partial charge in [-0.3, -0.25) is 4.90 Å². The van der Waals surface area contributed by atoms with Crippen molar-refractivity contribution in [3.05, 3.63) is 0 Å². The molecule has 0 aromatic carbocycles. The third-order valence-corrected chi connectivity index (χ3v) is 5.22. The first-order valence-electron chi connectivity index (χ1n) is 7.09. The molecule has 3 aliphatic heterocycles. The lowest BCUT2D eigenvalue weighted by Gasteiger charge is -2.36. The van der Waals surface area contributed by atoms with E-state index in [4.69, 9.17) is 0 Å². The quantitative estimate of drug-likeness (QED) is 0.707. The zero-order valence-electron chi connectivity index (χ0n) is 11.1. The molecular formula is C14H26N2. The Morgan fingerprint density at radius 3 is 2.81 bits per heavy atom. The Morgan fingerprint density at radius 2 is 2.06 bits per heavy atom. The molecule has 0 N–H and O–H groups in total. The lowest BCUT2D eigenvalue weighted by atomic mass is 9.84. The van der Waals surface area contributed by atoms with Crippen LogP contribution in [0.4, 0.5) is 0 Å². The summed E-state index contributed by atoms with van der Waals surface area (Å²) in [7, 11) is 2.33. The van der Waals surface area contributed by atoms with Crippen LogP contribution in [0.15, 0.2) is 0 Å². The molecule has 0 amide bonds. The van der Waals surface area contributed by atoms with Crippen LogP contribution in [0, 0.1) is 5.92 Å². The number of likely N-dealkylation sites (N-methyl/N-ethyl adjacent to an activating group) is 1. The molecule has 0 radical (unpaired) electrons. The lowest BCUT2D eigenvalue weighted by molar-refractivity contribution is 0.125. The molecule has 3 rings (SSSR count). The second kappa shape index (κ2) is 3.71. The monoisotopic (exact) mass is 222 g/mol. The van der Waals surface area contributed by atoms with Gasteiger partial charge < -0.3 is 4.90 Å². The van der Waals surface area contributed by atoms with Gasteiger partial charge in [-0.2, -0.15) is 0 Å². The first kappa shape index (κ1) is 11.0. The van der Waals surface area contributed by atoms with Crippen LogP contribution < -0.4 is 0 Å². The maximum absolute atomic E-state index is 2.90. The molecule has 3 fully saturated rings. The minimum atomic E-state index is 0.595. The van der Waals surface area contributed by atoms with Gasteiger partial charge in [0.05, 0.1) is 0 Å². The van der Waals surface area contributed by atoms with Gasteiger partial charge >= 0.3 is 0 Å². The van der Waals surface area contributed by atoms with Crippen LogP contribution in [-0.2, 0) is 0 Å². The molecule has 3 unspecified atom stereocenters. The molecule has 0 spiro atoms. The molecule has 3 aliphatic rings. The van der Waals surface area contributed by atoms with Gasteiger partial charge in [-0.15, -0.1) is 0 Å². The summed E-state index contributed by atoms with van der Waals surface area (Å²) in [6.07, 6.45) is 7.20. The van der Waals surface area contributed by atoms with Crippen LogP contribution in [0.3, 0.4) is 0 Å². The minimum Gasteiger partial charge on any atom is -0.302 e. The smallest absolute Gasteiger partial charge is 0.0269 e. The lowest BCUT2D eigenvalue weighted by Crippen LogP contribution is -2.43. The number of rotatable bonds is 2. The fraction of sp³-hybridized carbons (Fsp3) is 1.00. The fourth-order valence-electron chi connectivity index (χ4n) is 4.79. The van der Waals surface area contributed by atoms with E-state index < -0.39 is 0 Å². The molecule has 3 heterocycles. The molecule has 0 bridgehead atoms. The van der Waals surface area contributed by atoms with E-state index in [0.717, 1.165) is 18.0 Å². The normalized spacial score (nSPS) is 44.2. The Kier molecular flexibility index (Phi) is 2.56. The molecule has 92 valence electrons. The summed E-state index contributed by atoms with van der Waals surface area (Å²) in [5, 5.41) is 0. The highest BCUT2D eigenvalue weighted by Crippen LogP contribution is 2.49. The molecule has 0 aromatic rings. The highest BCUT2D eigenvalue weighted by atomic mass is 15.4. The largest absolute Gasteiger partial charge is 0.302 e. The maximum Gasteiger partial charge on any atom is 0.0269 e. The molecule has 3 atom stereocenters. The average Bonchev–Trinajstić information content (AvgIpc) is 2.77. The van der Waals surface area contributed by atoms with Gasteiger partial charge in [0.2, 0.25) is 0 Å². The van der Waals surface area contributed by atoms with Crippen molar-refractivity contribution in [1.82, 2.24) is 9.80 Å². The predicted molar refractivity (Wildman–Crippen MR) is 67.6 cm³/mol. The van der Waals surface area contributed by atoms with E-state index in [9.17, 15) is 0 Å². The SMILES string of the molecule is CC(C)CC12CCCN1C1CCN(C)C1C2. The van der Waals surface area contributed by atoms with Gasteiger partial charge in [0.15, 0.2) is 0 Å². The molecule has 16 heavy (non-hydrogen) atoms. The second-order valence-corrected chi connectivity index (χ2v) is 6.73. The standard InChI is InChI=1S/C14H26N2/c1-11(2)9-14-6-4-7-16(14)12-5-8-15(3)13(12)10-14/h11-13H,4-10H2,1-3H3. The van der Waals surface area contributed by atoms with Gasteiger partial charge in [0.25, 0.3) is 0 Å². The number of nitrogens with zero attached hydrogens (tertiary/aromatic N) is 2. The van der Waals surface area contributed by atoms with Crippen LogP contribution in [0.5, 0.6) is 0 Å². The van der Waals surface area contributed by atoms with E-state index in [2.05, 4.69) is 30.7 Å². The summed E-state index contributed by atoms with van der Waals surface area (Å²) in [6.45, 7) is 7.48. The van der Waals surface area contributed by atoms with Crippen molar-refractivity contribution < 1.29 is 0 Å². The third-order valence-electron chi connectivity index (χ3n) is 5.22. The van der Waals surface area contributed by atoms with Crippen molar-refractivity contribution in [2.45, 2.75) is 63.6 Å². The summed E-state index contributed by atoms with van der Waals surface area (Å²) in [5.74, 6) is 0.852. The summed E-state index contributed by atoms with van der Waals surface area (Å²) < 4.78 is 0. The molecule has 3 saturated heterocycles. The number of hydrogen-bond donors (Lipinski definition) is 0. The van der Waals surface area contributed by atoms with Gasteiger partial charge in [-0.1, -0.05) is 13.8 Å². The van der Waals surface area contributed by atoms with Crippen molar-refractivity contribution in [1.29, 1.82) is 0 Å². The van der Waals surface area contributed by atoms with Crippen LogP contribution in [0.25, 0.3) is 0 Å². The number of fused-ring (bicyclic) bond motifs is 3. The Labute approximate surface area is 100.0 Å². The highest BCUT2D eigenvalue weighted by molar-refractivity contribution is 5.13. The van der Waals surface area contributed by atoms with Crippen LogP contribution in [0.1, 0.15) is 46.0 Å². The summed E-state index contributed by atoms with van der Waals surface area (Å²) in [4.78, 5) is 5.52. The maximum atomic E-state index is 2.90. The summed E-state index contributed by atoms with van der Waals surface area (Å²) in [6, 6.07) is 1.77. The number of likely N-dealkylation sites (tertiary alicyclic amines) is 1. The zero-order chi connectivity index (χ0) is 11.3. The molecular weight excluding hydrogens is 196 g/mol. The topological polar surface area (TPSA) is 6.48 Å². The Morgan fingerprint density at radius 1 is 1.25 bits per heavy atom. The van der Waals surface area contributed by atoms with Crippen molar-refractivity contribution >= 4 is 0 Å². The van der Waals surface area contributed by atoms with Crippen LogP contribution in [0.2, 0.25) is 0 Å². The van der Waals surface area contributed by atoms with Crippen LogP contribution in [-0.4, -0.2) is 47.6 Å². The van der Waals surface area contributed by atoms with E-state index in [1.54, 1.807) is 0 Å². The summed E-state index contributed by atoms with van der Waals surface area (Å²) >= 11 is 0. The molecule has 0 aromatic heterocycles. The molecule has 2 heteroatoms. The Bertz CT molecular complexity index is 276. The molecule has 0 aliphatic carbocycles. The Hall–Kier alpha value is -0.0800. The third kappa shape index (κ3) is 1.46. The van der Waals surface area contributed by atoms with E-state index in [1.165, 1.54) is 45.2 Å². The second-order valence-electron chi connectivity index (χ2n) is 6.73. The average molecular weight is 222 g/mol. The van der Waals surface area contributed by atoms with Gasteiger partial charge in [-0.05, 0) is 58.2 Å². The first-order valence-corrected chi connectivity index (χ1v) is 7.09. The van der Waals surface area contributed by atoms with Gasteiger partial charge in [0, 0.05) is 17.6 Å². The number of hydrogen-bond acceptors (Lipinski definition) is 2. The van der Waals surface area contributed by atoms with Crippen molar-refractivity contribution in [2.24, 2.45) is 5.92 Å². The zero-order valence-corrected chi connectivity index (χ0v) is 11.1. The summed E-state index contributed by atoms with van der Waals surface area (Å²) in [5.41, 5.74) is 0.595. The minimum absolute atomic E-state index is 0.595. The molecule has 2 nitrogen and oxygen atoms in total. The van der Waals surface area contributed by atoms with Crippen LogP contribution >= 0.6 is 0 Å². The fourth-order valence-corrected chi connectivity index (χ4v) is 4.79. The van der Waals surface area contributed by atoms with Gasteiger partial charge in [0.1, 0.15) is 0 Å². The Balaban J connectivity index is 1.83. The van der Waals surface area contributed by atoms with Crippen molar-refractivity contribution in [3.8, 4) is 0 Å². The predicted octanol–water partition coefficient (Wildman–Crippen LogP) is 2.34.